The van der Waals surface area contributed by atoms with Crippen LogP contribution < -0.4 is 0 Å². The molecule has 1 aliphatic rings. The van der Waals surface area contributed by atoms with E-state index < -0.39 is 9.84 Å². The van der Waals surface area contributed by atoms with Gasteiger partial charge in [0.05, 0.1) is 22.7 Å². The van der Waals surface area contributed by atoms with Gasteiger partial charge in [-0.2, -0.15) is 0 Å². The summed E-state index contributed by atoms with van der Waals surface area (Å²) in [5.41, 5.74) is -0.264. The van der Waals surface area contributed by atoms with Crippen LogP contribution in [-0.2, 0) is 14.6 Å². The fourth-order valence-corrected chi connectivity index (χ4v) is 3.30. The van der Waals surface area contributed by atoms with Crippen LogP contribution in [0.4, 0.5) is 0 Å². The first-order valence-corrected chi connectivity index (χ1v) is 8.59. The second kappa shape index (κ2) is 6.07. The molecular weight excluding hydrogens is 274 g/mol. The highest BCUT2D eigenvalue weighted by Gasteiger charge is 2.33. The van der Waals surface area contributed by atoms with Crippen LogP contribution in [0.1, 0.15) is 27.7 Å². The summed E-state index contributed by atoms with van der Waals surface area (Å²) in [6.07, 6.45) is -0.0165. The van der Waals surface area contributed by atoms with Gasteiger partial charge in [0.1, 0.15) is 0 Å². The van der Waals surface area contributed by atoms with E-state index >= 15 is 0 Å². The van der Waals surface area contributed by atoms with Crippen LogP contribution in [0.15, 0.2) is 0 Å². The lowest BCUT2D eigenvalue weighted by atomic mass is 10.1. The lowest BCUT2D eigenvalue weighted by Gasteiger charge is -2.42. The van der Waals surface area contributed by atoms with Crippen molar-refractivity contribution in [3.63, 3.8) is 0 Å². The monoisotopic (exact) mass is 297 g/mol. The maximum absolute atomic E-state index is 11.8. The van der Waals surface area contributed by atoms with Crippen molar-refractivity contribution >= 4 is 21.4 Å². The van der Waals surface area contributed by atoms with Crippen molar-refractivity contribution < 1.29 is 13.2 Å². The molecule has 0 bridgehead atoms. The van der Waals surface area contributed by atoms with Crippen molar-refractivity contribution in [3.05, 3.63) is 0 Å². The first-order chi connectivity index (χ1) is 8.16. The van der Waals surface area contributed by atoms with Gasteiger partial charge < -0.3 is 4.74 Å². The van der Waals surface area contributed by atoms with Gasteiger partial charge in [-0.1, -0.05) is 0 Å². The molecule has 0 radical (unpaired) electrons. The molecular formula is C12H24ClNO3S. The fourth-order valence-electron chi connectivity index (χ4n) is 2.16. The van der Waals surface area contributed by atoms with Crippen molar-refractivity contribution in [2.75, 3.05) is 31.3 Å². The molecule has 0 amide bonds. The summed E-state index contributed by atoms with van der Waals surface area (Å²) in [6.45, 7) is 9.47. The minimum absolute atomic E-state index is 0.0165. The van der Waals surface area contributed by atoms with Crippen LogP contribution in [-0.4, -0.2) is 61.5 Å². The Labute approximate surface area is 116 Å². The van der Waals surface area contributed by atoms with Crippen LogP contribution in [0.2, 0.25) is 0 Å². The fraction of sp³-hybridized carbons (Fsp3) is 1.00. The largest absolute Gasteiger partial charge is 0.368 e. The van der Waals surface area contributed by atoms with E-state index in [0.717, 1.165) is 6.54 Å². The summed E-state index contributed by atoms with van der Waals surface area (Å²) >= 11 is 5.84. The molecule has 108 valence electrons. The topological polar surface area (TPSA) is 46.6 Å². The van der Waals surface area contributed by atoms with Crippen molar-refractivity contribution in [2.45, 2.75) is 44.6 Å². The van der Waals surface area contributed by atoms with Gasteiger partial charge in [-0.15, -0.1) is 11.6 Å². The summed E-state index contributed by atoms with van der Waals surface area (Å²) in [5.74, 6) is 0.645. The van der Waals surface area contributed by atoms with Crippen molar-refractivity contribution in [3.8, 4) is 0 Å². The van der Waals surface area contributed by atoms with Crippen LogP contribution >= 0.6 is 11.6 Å². The third-order valence-electron chi connectivity index (χ3n) is 3.13. The maximum Gasteiger partial charge on any atom is 0.153 e. The molecule has 1 heterocycles. The molecule has 0 aliphatic carbocycles. The molecule has 6 heteroatoms. The smallest absolute Gasteiger partial charge is 0.153 e. The number of hydrogen-bond donors (Lipinski definition) is 0. The minimum Gasteiger partial charge on any atom is -0.368 e. The zero-order chi connectivity index (χ0) is 14.0. The molecule has 0 aromatic carbocycles. The highest BCUT2D eigenvalue weighted by atomic mass is 35.5. The molecule has 0 N–H and O–H groups in total. The normalized spacial score (nSPS) is 25.6. The van der Waals surface area contributed by atoms with Gasteiger partial charge in [-0.25, -0.2) is 8.42 Å². The number of rotatable bonds is 5. The minimum atomic E-state index is -2.97. The molecule has 1 saturated heterocycles. The maximum atomic E-state index is 11.8. The van der Waals surface area contributed by atoms with Gasteiger partial charge in [0, 0.05) is 25.5 Å². The number of ether oxygens (including phenoxy) is 1. The standard InChI is InChI=1S/C12H24ClNO3S/c1-10(2)18(15,16)6-5-14-8-11(7-13)17-12(3,4)9-14/h10-11H,5-9H2,1-4H3. The van der Waals surface area contributed by atoms with E-state index in [4.69, 9.17) is 16.3 Å². The zero-order valence-electron chi connectivity index (χ0n) is 11.6. The average molecular weight is 298 g/mol. The summed E-state index contributed by atoms with van der Waals surface area (Å²) < 4.78 is 29.4. The Kier molecular flexibility index (Phi) is 5.47. The van der Waals surface area contributed by atoms with E-state index in [0.29, 0.717) is 19.0 Å². The summed E-state index contributed by atoms with van der Waals surface area (Å²) in [7, 11) is -2.97. The summed E-state index contributed by atoms with van der Waals surface area (Å²) in [4.78, 5) is 2.14. The Morgan fingerprint density at radius 3 is 2.56 bits per heavy atom. The Morgan fingerprint density at radius 1 is 1.44 bits per heavy atom. The van der Waals surface area contributed by atoms with Crippen molar-refractivity contribution in [1.82, 2.24) is 4.90 Å². The molecule has 0 spiro atoms. The Bertz CT molecular complexity index is 368. The van der Waals surface area contributed by atoms with Gasteiger partial charge >= 0.3 is 0 Å². The van der Waals surface area contributed by atoms with Crippen molar-refractivity contribution in [1.29, 1.82) is 0 Å². The van der Waals surface area contributed by atoms with Crippen LogP contribution in [0.3, 0.4) is 0 Å². The Morgan fingerprint density at radius 2 is 2.06 bits per heavy atom. The second-order valence-electron chi connectivity index (χ2n) is 5.80. The second-order valence-corrected chi connectivity index (χ2v) is 8.79. The number of nitrogens with zero attached hydrogens (tertiary/aromatic N) is 1. The molecule has 18 heavy (non-hydrogen) atoms. The van der Waals surface area contributed by atoms with Gasteiger partial charge in [-0.05, 0) is 27.7 Å². The molecule has 1 aliphatic heterocycles. The van der Waals surface area contributed by atoms with Gasteiger partial charge in [0.25, 0.3) is 0 Å². The van der Waals surface area contributed by atoms with E-state index in [1.807, 2.05) is 13.8 Å². The third kappa shape index (κ3) is 4.68. The van der Waals surface area contributed by atoms with Crippen molar-refractivity contribution in [2.24, 2.45) is 0 Å². The quantitative estimate of drug-likeness (QED) is 0.722. The Hall–Kier alpha value is 0.160. The Balaban J connectivity index is 2.57. The van der Waals surface area contributed by atoms with E-state index in [1.165, 1.54) is 0 Å². The number of morpholine rings is 1. The number of halogens is 1. The molecule has 1 unspecified atom stereocenters. The first-order valence-electron chi connectivity index (χ1n) is 6.34. The number of hydrogen-bond acceptors (Lipinski definition) is 4. The summed E-state index contributed by atoms with van der Waals surface area (Å²) in [6, 6.07) is 0. The molecule has 0 saturated carbocycles. The van der Waals surface area contributed by atoms with Gasteiger partial charge in [0.15, 0.2) is 9.84 Å². The van der Waals surface area contributed by atoms with E-state index in [2.05, 4.69) is 4.90 Å². The highest BCUT2D eigenvalue weighted by Crippen LogP contribution is 2.21. The SMILES string of the molecule is CC(C)S(=O)(=O)CCN1CC(CCl)OC(C)(C)C1. The first kappa shape index (κ1) is 16.2. The molecule has 1 fully saturated rings. The summed E-state index contributed by atoms with van der Waals surface area (Å²) in [5, 5.41) is -0.310. The number of alkyl halides is 1. The average Bonchev–Trinajstić information content (AvgIpc) is 2.24. The van der Waals surface area contributed by atoms with E-state index in [1.54, 1.807) is 13.8 Å². The van der Waals surface area contributed by atoms with Gasteiger partial charge in [-0.3, -0.25) is 4.90 Å². The predicted molar refractivity (Wildman–Crippen MR) is 75.0 cm³/mol. The number of sulfone groups is 1. The lowest BCUT2D eigenvalue weighted by molar-refractivity contribution is -0.126. The van der Waals surface area contributed by atoms with Crippen LogP contribution in [0.25, 0.3) is 0 Å². The third-order valence-corrected chi connectivity index (χ3v) is 5.67. The molecule has 4 nitrogen and oxygen atoms in total. The van der Waals surface area contributed by atoms with E-state index in [-0.39, 0.29) is 22.7 Å². The highest BCUT2D eigenvalue weighted by molar-refractivity contribution is 7.92. The molecule has 1 rings (SSSR count). The van der Waals surface area contributed by atoms with Crippen LogP contribution in [0.5, 0.6) is 0 Å². The predicted octanol–water partition coefficient (Wildman–Crippen LogP) is 1.53. The van der Waals surface area contributed by atoms with E-state index in [9.17, 15) is 8.42 Å². The van der Waals surface area contributed by atoms with Crippen LogP contribution in [0, 0.1) is 0 Å². The molecule has 1 atom stereocenters. The zero-order valence-corrected chi connectivity index (χ0v) is 13.2. The lowest BCUT2D eigenvalue weighted by Crippen LogP contribution is -2.54. The molecule has 0 aromatic rings. The van der Waals surface area contributed by atoms with Gasteiger partial charge in [0.2, 0.25) is 0 Å². The molecule has 0 aromatic heterocycles.